The summed E-state index contributed by atoms with van der Waals surface area (Å²) in [5, 5.41) is 16.2. The lowest BCUT2D eigenvalue weighted by Gasteiger charge is -2.07. The summed E-state index contributed by atoms with van der Waals surface area (Å²) in [6.07, 6.45) is 1.59. The van der Waals surface area contributed by atoms with Crippen LogP contribution in [0.3, 0.4) is 0 Å². The Balaban J connectivity index is 2.30. The van der Waals surface area contributed by atoms with Crippen molar-refractivity contribution in [1.82, 2.24) is 20.9 Å². The van der Waals surface area contributed by atoms with Gasteiger partial charge < -0.3 is 21.1 Å². The van der Waals surface area contributed by atoms with Crippen molar-refractivity contribution in [3.05, 3.63) is 29.6 Å². The van der Waals surface area contributed by atoms with Crippen molar-refractivity contribution in [2.24, 2.45) is 0 Å². The van der Waals surface area contributed by atoms with Crippen molar-refractivity contribution in [2.75, 3.05) is 13.6 Å². The average molecular weight is 280 g/mol. The Bertz CT molecular complexity index is 487. The number of carbonyl (C=O) groups is 3. The molecule has 108 valence electrons. The van der Waals surface area contributed by atoms with Crippen LogP contribution in [0, 0.1) is 0 Å². The van der Waals surface area contributed by atoms with E-state index in [0.29, 0.717) is 5.56 Å². The number of urea groups is 1. The van der Waals surface area contributed by atoms with Gasteiger partial charge in [-0.3, -0.25) is 4.79 Å². The Morgan fingerprint density at radius 1 is 1.25 bits per heavy atom. The van der Waals surface area contributed by atoms with Gasteiger partial charge in [-0.1, -0.05) is 6.07 Å². The molecule has 0 bridgehead atoms. The van der Waals surface area contributed by atoms with Gasteiger partial charge in [0, 0.05) is 32.8 Å². The first-order chi connectivity index (χ1) is 9.52. The molecule has 4 N–H and O–H groups in total. The molecule has 0 aliphatic carbocycles. The highest BCUT2D eigenvalue weighted by atomic mass is 16.4. The number of amides is 3. The van der Waals surface area contributed by atoms with Gasteiger partial charge in [0.05, 0.1) is 0 Å². The monoisotopic (exact) mass is 280 g/mol. The molecule has 3 amide bonds. The highest BCUT2D eigenvalue weighted by Crippen LogP contribution is 1.99. The second-order valence-corrected chi connectivity index (χ2v) is 3.89. The summed E-state index contributed by atoms with van der Waals surface area (Å²) in [4.78, 5) is 36.6. The van der Waals surface area contributed by atoms with E-state index < -0.39 is 12.0 Å². The summed E-state index contributed by atoms with van der Waals surface area (Å²) < 4.78 is 0. The number of aromatic carboxylic acids is 1. The normalized spacial score (nSPS) is 9.65. The first-order valence-corrected chi connectivity index (χ1v) is 5.93. The summed E-state index contributed by atoms with van der Waals surface area (Å²) in [5.74, 6) is -1.25. The molecule has 8 nitrogen and oxygen atoms in total. The molecule has 0 radical (unpaired) electrons. The van der Waals surface area contributed by atoms with Crippen LogP contribution in [0.4, 0.5) is 4.79 Å². The summed E-state index contributed by atoms with van der Waals surface area (Å²) in [5.41, 5.74) is 0.625. The SMILES string of the molecule is CNC(=O)CCNC(=O)NCc1ccc(C(=O)O)nc1. The molecule has 0 unspecified atom stereocenters. The zero-order valence-corrected chi connectivity index (χ0v) is 11.0. The van der Waals surface area contributed by atoms with Crippen LogP contribution >= 0.6 is 0 Å². The van der Waals surface area contributed by atoms with Crippen molar-refractivity contribution in [1.29, 1.82) is 0 Å². The molecular weight excluding hydrogens is 264 g/mol. The van der Waals surface area contributed by atoms with Crippen LogP contribution in [-0.2, 0) is 11.3 Å². The van der Waals surface area contributed by atoms with E-state index in [4.69, 9.17) is 5.11 Å². The third-order valence-electron chi connectivity index (χ3n) is 2.41. The molecule has 0 saturated heterocycles. The third kappa shape index (κ3) is 5.34. The van der Waals surface area contributed by atoms with E-state index in [1.54, 1.807) is 6.07 Å². The minimum absolute atomic E-state index is 0.0521. The molecule has 1 aromatic heterocycles. The Morgan fingerprint density at radius 3 is 2.55 bits per heavy atom. The van der Waals surface area contributed by atoms with E-state index >= 15 is 0 Å². The van der Waals surface area contributed by atoms with Gasteiger partial charge in [-0.15, -0.1) is 0 Å². The van der Waals surface area contributed by atoms with Gasteiger partial charge in [-0.25, -0.2) is 14.6 Å². The lowest BCUT2D eigenvalue weighted by atomic mass is 10.2. The number of carbonyl (C=O) groups excluding carboxylic acids is 2. The number of hydrogen-bond donors (Lipinski definition) is 4. The Labute approximate surface area is 115 Å². The lowest BCUT2D eigenvalue weighted by molar-refractivity contribution is -0.120. The van der Waals surface area contributed by atoms with Crippen LogP contribution in [0.1, 0.15) is 22.5 Å². The lowest BCUT2D eigenvalue weighted by Crippen LogP contribution is -2.37. The molecule has 1 aromatic rings. The van der Waals surface area contributed by atoms with Crippen LogP contribution in [0.2, 0.25) is 0 Å². The minimum atomic E-state index is -1.10. The summed E-state index contributed by atoms with van der Waals surface area (Å²) >= 11 is 0. The van der Waals surface area contributed by atoms with E-state index in [0.717, 1.165) is 0 Å². The van der Waals surface area contributed by atoms with Crippen LogP contribution in [0.15, 0.2) is 18.3 Å². The van der Waals surface area contributed by atoms with E-state index in [1.807, 2.05) is 0 Å². The number of carboxylic acid groups (broad SMARTS) is 1. The molecular formula is C12H16N4O4. The summed E-state index contributed by atoms with van der Waals surface area (Å²) in [6, 6.07) is 2.53. The standard InChI is InChI=1S/C12H16N4O4/c1-13-10(17)4-5-14-12(20)16-7-8-2-3-9(11(18)19)15-6-8/h2-3,6H,4-5,7H2,1H3,(H,13,17)(H,18,19)(H2,14,16,20). The number of pyridine rings is 1. The fraction of sp³-hybridized carbons (Fsp3) is 0.333. The first-order valence-electron chi connectivity index (χ1n) is 5.93. The van der Waals surface area contributed by atoms with Crippen LogP contribution in [-0.4, -0.2) is 41.6 Å². The molecule has 0 aliphatic rings. The molecule has 1 heterocycles. The van der Waals surface area contributed by atoms with Crippen molar-refractivity contribution in [3.8, 4) is 0 Å². The second kappa shape index (κ2) is 7.72. The highest BCUT2D eigenvalue weighted by Gasteiger charge is 2.05. The number of nitrogens with zero attached hydrogens (tertiary/aromatic N) is 1. The van der Waals surface area contributed by atoms with Crippen molar-refractivity contribution in [3.63, 3.8) is 0 Å². The molecule has 0 spiro atoms. The Morgan fingerprint density at radius 2 is 2.00 bits per heavy atom. The van der Waals surface area contributed by atoms with Gasteiger partial charge in [-0.05, 0) is 11.6 Å². The maximum atomic E-state index is 11.4. The van der Waals surface area contributed by atoms with Crippen molar-refractivity contribution < 1.29 is 19.5 Å². The maximum absolute atomic E-state index is 11.4. The number of hydrogen-bond acceptors (Lipinski definition) is 4. The zero-order chi connectivity index (χ0) is 15.0. The molecule has 0 fully saturated rings. The number of nitrogens with one attached hydrogen (secondary N) is 3. The fourth-order valence-electron chi connectivity index (χ4n) is 1.31. The van der Waals surface area contributed by atoms with E-state index in [-0.39, 0.29) is 31.1 Å². The first kappa shape index (κ1) is 15.4. The van der Waals surface area contributed by atoms with Crippen LogP contribution < -0.4 is 16.0 Å². The van der Waals surface area contributed by atoms with Gasteiger partial charge in [0.2, 0.25) is 5.91 Å². The second-order valence-electron chi connectivity index (χ2n) is 3.89. The van der Waals surface area contributed by atoms with Gasteiger partial charge in [0.25, 0.3) is 0 Å². The molecule has 8 heteroatoms. The topological polar surface area (TPSA) is 120 Å². The predicted molar refractivity (Wildman–Crippen MR) is 70.1 cm³/mol. The molecule has 0 atom stereocenters. The van der Waals surface area contributed by atoms with Gasteiger partial charge in [0.1, 0.15) is 5.69 Å². The highest BCUT2D eigenvalue weighted by molar-refractivity contribution is 5.85. The average Bonchev–Trinajstić information content (AvgIpc) is 2.45. The zero-order valence-electron chi connectivity index (χ0n) is 11.0. The number of carboxylic acids is 1. The van der Waals surface area contributed by atoms with Crippen LogP contribution in [0.25, 0.3) is 0 Å². The summed E-state index contributed by atoms with van der Waals surface area (Å²) in [6.45, 7) is 0.459. The molecule has 0 aromatic carbocycles. The van der Waals surface area contributed by atoms with Crippen molar-refractivity contribution >= 4 is 17.9 Å². The van der Waals surface area contributed by atoms with Crippen molar-refractivity contribution in [2.45, 2.75) is 13.0 Å². The Hall–Kier alpha value is -2.64. The quantitative estimate of drug-likeness (QED) is 0.571. The predicted octanol–water partition coefficient (Wildman–Crippen LogP) is -0.285. The van der Waals surface area contributed by atoms with Gasteiger partial charge in [0.15, 0.2) is 0 Å². The maximum Gasteiger partial charge on any atom is 0.354 e. The van der Waals surface area contributed by atoms with Crippen LogP contribution in [0.5, 0.6) is 0 Å². The van der Waals surface area contributed by atoms with Gasteiger partial charge in [-0.2, -0.15) is 0 Å². The fourth-order valence-corrected chi connectivity index (χ4v) is 1.31. The molecule has 1 rings (SSSR count). The molecule has 0 aliphatic heterocycles. The third-order valence-corrected chi connectivity index (χ3v) is 2.41. The minimum Gasteiger partial charge on any atom is -0.477 e. The molecule has 0 saturated carbocycles. The van der Waals surface area contributed by atoms with Gasteiger partial charge >= 0.3 is 12.0 Å². The summed E-state index contributed by atoms with van der Waals surface area (Å²) in [7, 11) is 1.52. The largest absolute Gasteiger partial charge is 0.477 e. The van der Waals surface area contributed by atoms with E-state index in [9.17, 15) is 14.4 Å². The van der Waals surface area contributed by atoms with E-state index in [2.05, 4.69) is 20.9 Å². The smallest absolute Gasteiger partial charge is 0.354 e. The molecule has 20 heavy (non-hydrogen) atoms. The number of rotatable bonds is 6. The van der Waals surface area contributed by atoms with E-state index in [1.165, 1.54) is 19.3 Å². The Kier molecular flexibility index (Phi) is 5.95. The number of aromatic nitrogens is 1.